The first-order valence-corrected chi connectivity index (χ1v) is 19.3. The van der Waals surface area contributed by atoms with E-state index in [-0.39, 0.29) is 73.1 Å². The molecule has 11 heteroatoms. The van der Waals surface area contributed by atoms with E-state index in [0.29, 0.717) is 11.8 Å². The maximum absolute atomic E-state index is 12.1. The smallest absolute Gasteiger partial charge is 0.310 e. The summed E-state index contributed by atoms with van der Waals surface area (Å²) >= 11 is 6.41. The molecule has 0 radical (unpaired) electrons. The van der Waals surface area contributed by atoms with Crippen molar-refractivity contribution in [1.82, 2.24) is 0 Å². The van der Waals surface area contributed by atoms with Gasteiger partial charge in [-0.3, -0.25) is 4.79 Å². The summed E-state index contributed by atoms with van der Waals surface area (Å²) in [6.45, 7) is 25.1. The van der Waals surface area contributed by atoms with Gasteiger partial charge in [-0.1, -0.05) is 136 Å². The maximum atomic E-state index is 12.1. The molecule has 0 amide bonds. The molecule has 3 aromatic carbocycles. The average Bonchev–Trinajstić information content (AvgIpc) is 3.06. The predicted molar refractivity (Wildman–Crippen MR) is 236 cm³/mol. The Balaban J connectivity index is -0.000000716. The van der Waals surface area contributed by atoms with E-state index in [9.17, 15) is 9.59 Å². The minimum absolute atomic E-state index is 0. The Morgan fingerprint density at radius 1 is 0.768 bits per heavy atom. The minimum Gasteiger partial charge on any atom is -0.649 e. The number of halogens is 2. The summed E-state index contributed by atoms with van der Waals surface area (Å²) in [5.41, 5.74) is 4.52. The van der Waals surface area contributed by atoms with E-state index in [4.69, 9.17) is 18.4 Å². The molecule has 0 N–H and O–H groups in total. The zero-order chi connectivity index (χ0) is 40.3. The van der Waals surface area contributed by atoms with Crippen LogP contribution in [0, 0.1) is 17.8 Å². The van der Waals surface area contributed by atoms with E-state index < -0.39 is 5.60 Å². The van der Waals surface area contributed by atoms with Crippen LogP contribution in [0.1, 0.15) is 137 Å². The number of ether oxygens (including phenoxy) is 4. The minimum atomic E-state index is -0.447. The van der Waals surface area contributed by atoms with Crippen molar-refractivity contribution in [2.75, 3.05) is 13.2 Å². The van der Waals surface area contributed by atoms with E-state index in [0.717, 1.165) is 48.1 Å². The van der Waals surface area contributed by atoms with Gasteiger partial charge in [-0.2, -0.15) is 4.21 Å². The SMILES string of the molecule is Br.C.CC(C)(C)O[C-]=O.CC1(C)CCC(c2ccccc2Br)OC1.CC1(C)CCC(c2ccccc2CC(=O)OC(C)(C)C)OC1.Cc1ccccc1.O=S.[Zn]. The van der Waals surface area contributed by atoms with Gasteiger partial charge >= 0.3 is 5.97 Å². The van der Waals surface area contributed by atoms with Crippen LogP contribution in [0.5, 0.6) is 0 Å². The number of hydrogen-bond donors (Lipinski definition) is 0. The second kappa shape index (κ2) is 28.5. The molecule has 5 rings (SSSR count). The van der Waals surface area contributed by atoms with Crippen molar-refractivity contribution >= 4 is 57.9 Å². The molecule has 312 valence electrons. The zero-order valence-electron chi connectivity index (χ0n) is 34.9. The van der Waals surface area contributed by atoms with Crippen LogP contribution in [0.2, 0.25) is 0 Å². The van der Waals surface area contributed by atoms with Crippen molar-refractivity contribution in [3.05, 3.63) is 106 Å². The van der Waals surface area contributed by atoms with Crippen molar-refractivity contribution in [1.29, 1.82) is 0 Å². The fourth-order valence-electron chi connectivity index (χ4n) is 5.44. The van der Waals surface area contributed by atoms with Crippen LogP contribution in [0.15, 0.2) is 83.3 Å². The quantitative estimate of drug-likeness (QED) is 0.142. The van der Waals surface area contributed by atoms with Gasteiger partial charge in [-0.25, -0.2) is 0 Å². The molecular formula is C45H67Br2O7SZn-. The van der Waals surface area contributed by atoms with E-state index in [1.807, 2.05) is 63.2 Å². The Morgan fingerprint density at radius 2 is 1.20 bits per heavy atom. The monoisotopic (exact) mass is 973 g/mol. The molecule has 2 aliphatic rings. The molecule has 3 aromatic rings. The van der Waals surface area contributed by atoms with E-state index in [2.05, 4.69) is 104 Å². The van der Waals surface area contributed by atoms with Gasteiger partial charge in [0.1, 0.15) is 5.60 Å². The number of benzene rings is 3. The van der Waals surface area contributed by atoms with Gasteiger partial charge in [0.15, 0.2) is 12.5 Å². The van der Waals surface area contributed by atoms with Crippen LogP contribution in [-0.2, 0) is 67.0 Å². The van der Waals surface area contributed by atoms with Crippen LogP contribution < -0.4 is 0 Å². The molecule has 0 aliphatic carbocycles. The number of esters is 1. The molecule has 2 heterocycles. The zero-order valence-corrected chi connectivity index (χ0v) is 42.0. The van der Waals surface area contributed by atoms with Crippen molar-refractivity contribution in [3.63, 3.8) is 0 Å². The van der Waals surface area contributed by atoms with E-state index in [1.54, 1.807) is 20.8 Å². The normalized spacial score (nSPS) is 17.6. The van der Waals surface area contributed by atoms with E-state index >= 15 is 0 Å². The fraction of sp³-hybridized carbons (Fsp3) is 0.556. The number of carbonyl (C=O) groups is 1. The Bertz CT molecular complexity index is 1490. The van der Waals surface area contributed by atoms with Gasteiger partial charge in [0.25, 0.3) is 0 Å². The first kappa shape index (κ1) is 58.4. The van der Waals surface area contributed by atoms with Crippen LogP contribution in [0.4, 0.5) is 0 Å². The van der Waals surface area contributed by atoms with Crippen LogP contribution in [-0.4, -0.2) is 41.1 Å². The summed E-state index contributed by atoms with van der Waals surface area (Å²) in [4.78, 5) is 21.6. The van der Waals surface area contributed by atoms with Crippen molar-refractivity contribution in [2.45, 2.75) is 139 Å². The first-order valence-electron chi connectivity index (χ1n) is 18.2. The Kier molecular flexibility index (Phi) is 29.8. The van der Waals surface area contributed by atoms with Crippen molar-refractivity contribution < 1.29 is 52.2 Å². The van der Waals surface area contributed by atoms with Gasteiger partial charge in [-0.15, -0.1) is 17.0 Å². The largest absolute Gasteiger partial charge is 0.649 e. The molecule has 7 nitrogen and oxygen atoms in total. The molecule has 2 saturated heterocycles. The molecular weight excluding hydrogens is 910 g/mol. The number of rotatable bonds is 5. The number of aryl methyl sites for hydroxylation is 1. The second-order valence-electron chi connectivity index (χ2n) is 16.9. The molecule has 56 heavy (non-hydrogen) atoms. The molecule has 0 saturated carbocycles. The Labute approximate surface area is 376 Å². The molecule has 2 aliphatic heterocycles. The van der Waals surface area contributed by atoms with Crippen LogP contribution in [0.25, 0.3) is 0 Å². The third-order valence-corrected chi connectivity index (χ3v) is 8.94. The molecule has 0 aromatic heterocycles. The Morgan fingerprint density at radius 3 is 1.55 bits per heavy atom. The number of carbonyl (C=O) groups excluding carboxylic acids is 2. The molecule has 2 fully saturated rings. The third kappa shape index (κ3) is 25.5. The van der Waals surface area contributed by atoms with Gasteiger partial charge in [0, 0.05) is 24.0 Å². The summed E-state index contributed by atoms with van der Waals surface area (Å²) in [5.74, 6) is -0.184. The number of hydrogen-bond acceptors (Lipinski definition) is 8. The van der Waals surface area contributed by atoms with Crippen molar-refractivity contribution in [2.24, 2.45) is 10.8 Å². The van der Waals surface area contributed by atoms with Crippen LogP contribution >= 0.6 is 32.9 Å². The van der Waals surface area contributed by atoms with E-state index in [1.165, 1.54) is 24.0 Å². The predicted octanol–water partition coefficient (Wildman–Crippen LogP) is 12.5. The van der Waals surface area contributed by atoms with Gasteiger partial charge in [0.05, 0.1) is 37.4 Å². The Hall–Kier alpha value is -1.88. The summed E-state index contributed by atoms with van der Waals surface area (Å²) in [7, 11) is 0. The first-order chi connectivity index (χ1) is 24.7. The summed E-state index contributed by atoms with van der Waals surface area (Å²) in [5, 5.41) is 0. The van der Waals surface area contributed by atoms with Gasteiger partial charge in [-0.05, 0) is 108 Å². The van der Waals surface area contributed by atoms with Crippen LogP contribution in [0.3, 0.4) is 0 Å². The standard InChI is InChI=1S/C19H28O3.C13H17BrO.C7H8.C5H9O2.CH4.BrH.OS.Zn/c1-18(2,3)22-17(20)12-14-8-6-7-9-15(14)16-10-11-19(4,5)13-21-16;1-13(2)8-7-12(15-9-13)10-5-3-4-6-11(10)14;1-7-5-3-2-4-6-7;1-5(2,3)7-4-6;;;1-2;/h6-9,16H,10-13H2,1-5H3;3-6,12H,7-9H2,1-2H3;2-6H,1H3;1-3H3;1H4;1H;;/q;;;-1;;;;. The maximum Gasteiger partial charge on any atom is 0.310 e. The third-order valence-electron chi connectivity index (χ3n) is 8.21. The molecule has 2 unspecified atom stereocenters. The summed E-state index contributed by atoms with van der Waals surface area (Å²) < 4.78 is 30.8. The average molecular weight is 977 g/mol. The summed E-state index contributed by atoms with van der Waals surface area (Å²) in [6.07, 6.45) is 5.16. The van der Waals surface area contributed by atoms with Crippen molar-refractivity contribution in [3.8, 4) is 0 Å². The fourth-order valence-corrected chi connectivity index (χ4v) is 5.98. The van der Waals surface area contributed by atoms with Gasteiger partial charge < -0.3 is 23.7 Å². The molecule has 2 atom stereocenters. The molecule has 0 bridgehead atoms. The topological polar surface area (TPSA) is 88.1 Å². The second-order valence-corrected chi connectivity index (χ2v) is 17.8. The molecule has 0 spiro atoms. The summed E-state index contributed by atoms with van der Waals surface area (Å²) in [6, 6.07) is 26.7. The van der Waals surface area contributed by atoms with Gasteiger partial charge in [0.2, 0.25) is 0 Å².